The number of piperazine rings is 1. The molecule has 4 rings (SSSR count). The van der Waals surface area contributed by atoms with Gasteiger partial charge in [0.15, 0.2) is 0 Å². The van der Waals surface area contributed by atoms with Crippen LogP contribution in [0, 0.1) is 5.92 Å². The molecular formula is C18H26N2. The van der Waals surface area contributed by atoms with Crippen LogP contribution in [0.4, 0.5) is 0 Å². The molecular weight excluding hydrogens is 244 g/mol. The Morgan fingerprint density at radius 1 is 1.15 bits per heavy atom. The summed E-state index contributed by atoms with van der Waals surface area (Å²) in [6, 6.07) is 13.5. The van der Waals surface area contributed by atoms with Gasteiger partial charge in [-0.2, -0.15) is 0 Å². The van der Waals surface area contributed by atoms with Crippen LogP contribution >= 0.6 is 0 Å². The fourth-order valence-electron chi connectivity index (χ4n) is 4.46. The lowest BCUT2D eigenvalue weighted by Crippen LogP contribution is -2.52. The van der Waals surface area contributed by atoms with Crippen molar-refractivity contribution in [2.24, 2.45) is 5.92 Å². The van der Waals surface area contributed by atoms with Crippen molar-refractivity contribution in [2.75, 3.05) is 19.6 Å². The molecule has 4 atom stereocenters. The highest BCUT2D eigenvalue weighted by atomic mass is 15.3. The minimum Gasteiger partial charge on any atom is -0.297 e. The van der Waals surface area contributed by atoms with E-state index >= 15 is 0 Å². The monoisotopic (exact) mass is 270 g/mol. The SMILES string of the molecule is CCC1CC1N1CC2CCCN2CC1c1ccccc1. The Hall–Kier alpha value is -0.860. The summed E-state index contributed by atoms with van der Waals surface area (Å²) >= 11 is 0. The van der Waals surface area contributed by atoms with Gasteiger partial charge in [0.05, 0.1) is 0 Å². The highest BCUT2D eigenvalue weighted by molar-refractivity contribution is 5.22. The van der Waals surface area contributed by atoms with Crippen molar-refractivity contribution in [1.82, 2.24) is 9.80 Å². The van der Waals surface area contributed by atoms with E-state index in [9.17, 15) is 0 Å². The van der Waals surface area contributed by atoms with Crippen LogP contribution in [0.1, 0.15) is 44.2 Å². The molecule has 0 N–H and O–H groups in total. The first kappa shape index (κ1) is 12.8. The maximum absolute atomic E-state index is 2.86. The van der Waals surface area contributed by atoms with E-state index in [1.807, 2.05) is 0 Å². The Kier molecular flexibility index (Phi) is 3.31. The highest BCUT2D eigenvalue weighted by Crippen LogP contribution is 2.45. The van der Waals surface area contributed by atoms with Gasteiger partial charge in [0.25, 0.3) is 0 Å². The molecule has 2 nitrogen and oxygen atoms in total. The predicted octanol–water partition coefficient (Wildman–Crippen LogP) is 3.31. The molecule has 2 saturated heterocycles. The summed E-state index contributed by atoms with van der Waals surface area (Å²) in [4.78, 5) is 5.60. The molecule has 20 heavy (non-hydrogen) atoms. The third-order valence-electron chi connectivity index (χ3n) is 5.75. The van der Waals surface area contributed by atoms with E-state index in [1.165, 1.54) is 50.9 Å². The average molecular weight is 270 g/mol. The van der Waals surface area contributed by atoms with E-state index in [0.29, 0.717) is 6.04 Å². The van der Waals surface area contributed by atoms with Crippen molar-refractivity contribution in [3.8, 4) is 0 Å². The van der Waals surface area contributed by atoms with Crippen molar-refractivity contribution in [3.63, 3.8) is 0 Å². The average Bonchev–Trinajstić information content (AvgIpc) is 3.15. The molecule has 0 aromatic heterocycles. The Labute approximate surface area is 122 Å². The minimum absolute atomic E-state index is 0.632. The number of rotatable bonds is 3. The lowest BCUT2D eigenvalue weighted by Gasteiger charge is -2.44. The summed E-state index contributed by atoms with van der Waals surface area (Å²) in [6.45, 7) is 6.24. The third kappa shape index (κ3) is 2.19. The van der Waals surface area contributed by atoms with Gasteiger partial charge in [-0.15, -0.1) is 0 Å². The van der Waals surface area contributed by atoms with Crippen molar-refractivity contribution < 1.29 is 0 Å². The Morgan fingerprint density at radius 3 is 2.75 bits per heavy atom. The van der Waals surface area contributed by atoms with Gasteiger partial charge in [-0.1, -0.05) is 43.7 Å². The van der Waals surface area contributed by atoms with Crippen molar-refractivity contribution in [1.29, 1.82) is 0 Å². The van der Waals surface area contributed by atoms with Crippen LogP contribution in [-0.4, -0.2) is 41.5 Å². The highest BCUT2D eigenvalue weighted by Gasteiger charge is 2.47. The minimum atomic E-state index is 0.632. The van der Waals surface area contributed by atoms with E-state index in [1.54, 1.807) is 0 Å². The van der Waals surface area contributed by atoms with E-state index < -0.39 is 0 Å². The van der Waals surface area contributed by atoms with Crippen LogP contribution < -0.4 is 0 Å². The smallest absolute Gasteiger partial charge is 0.0479 e. The van der Waals surface area contributed by atoms with Gasteiger partial charge in [-0.25, -0.2) is 0 Å². The molecule has 1 aromatic carbocycles. The topological polar surface area (TPSA) is 6.48 Å². The molecule has 2 heteroatoms. The second-order valence-electron chi connectivity index (χ2n) is 6.89. The van der Waals surface area contributed by atoms with Crippen molar-refractivity contribution >= 4 is 0 Å². The largest absolute Gasteiger partial charge is 0.297 e. The molecule has 1 saturated carbocycles. The van der Waals surface area contributed by atoms with E-state index in [4.69, 9.17) is 0 Å². The summed E-state index contributed by atoms with van der Waals surface area (Å²) in [5.41, 5.74) is 1.53. The first-order chi connectivity index (χ1) is 9.86. The lowest BCUT2D eigenvalue weighted by atomic mass is 9.99. The summed E-state index contributed by atoms with van der Waals surface area (Å²) in [7, 11) is 0. The molecule has 1 aliphatic carbocycles. The van der Waals surface area contributed by atoms with Crippen LogP contribution in [0.25, 0.3) is 0 Å². The number of fused-ring (bicyclic) bond motifs is 1. The Bertz CT molecular complexity index is 458. The maximum atomic E-state index is 2.86. The van der Waals surface area contributed by atoms with Gasteiger partial charge >= 0.3 is 0 Å². The first-order valence-corrected chi connectivity index (χ1v) is 8.41. The van der Waals surface area contributed by atoms with Gasteiger partial charge in [-0.05, 0) is 37.3 Å². The zero-order valence-corrected chi connectivity index (χ0v) is 12.5. The molecule has 108 valence electrons. The van der Waals surface area contributed by atoms with Crippen molar-refractivity contribution in [3.05, 3.63) is 35.9 Å². The van der Waals surface area contributed by atoms with Crippen LogP contribution in [0.15, 0.2) is 30.3 Å². The van der Waals surface area contributed by atoms with E-state index in [2.05, 4.69) is 47.1 Å². The fourth-order valence-corrected chi connectivity index (χ4v) is 4.46. The molecule has 1 aromatic rings. The summed E-state index contributed by atoms with van der Waals surface area (Å²) < 4.78 is 0. The maximum Gasteiger partial charge on any atom is 0.0479 e. The van der Waals surface area contributed by atoms with E-state index in [-0.39, 0.29) is 0 Å². The van der Waals surface area contributed by atoms with Gasteiger partial charge in [0.2, 0.25) is 0 Å². The molecule has 4 unspecified atom stereocenters. The molecule has 3 aliphatic rings. The number of hydrogen-bond donors (Lipinski definition) is 0. The Balaban J connectivity index is 1.59. The van der Waals surface area contributed by atoms with Gasteiger partial charge < -0.3 is 0 Å². The molecule has 2 aliphatic heterocycles. The molecule has 0 amide bonds. The predicted molar refractivity (Wildman–Crippen MR) is 82.7 cm³/mol. The molecule has 2 heterocycles. The third-order valence-corrected chi connectivity index (χ3v) is 5.75. The van der Waals surface area contributed by atoms with Gasteiger partial charge in [0.1, 0.15) is 0 Å². The Morgan fingerprint density at radius 2 is 2.00 bits per heavy atom. The van der Waals surface area contributed by atoms with Crippen molar-refractivity contribution in [2.45, 2.75) is 50.7 Å². The van der Waals surface area contributed by atoms with Crippen LogP contribution in [0.3, 0.4) is 0 Å². The normalized spacial score (nSPS) is 37.9. The summed E-state index contributed by atoms with van der Waals surface area (Å²) in [6.07, 6.45) is 5.62. The zero-order valence-electron chi connectivity index (χ0n) is 12.5. The molecule has 0 spiro atoms. The fraction of sp³-hybridized carbons (Fsp3) is 0.667. The number of hydrogen-bond acceptors (Lipinski definition) is 2. The van der Waals surface area contributed by atoms with E-state index in [0.717, 1.165) is 18.0 Å². The van der Waals surface area contributed by atoms with Gasteiger partial charge in [0, 0.05) is 31.2 Å². The van der Waals surface area contributed by atoms with Crippen LogP contribution in [-0.2, 0) is 0 Å². The van der Waals surface area contributed by atoms with Crippen LogP contribution in [0.5, 0.6) is 0 Å². The first-order valence-electron chi connectivity index (χ1n) is 8.41. The molecule has 0 bridgehead atoms. The number of benzene rings is 1. The summed E-state index contributed by atoms with van der Waals surface area (Å²) in [5.74, 6) is 0.967. The number of nitrogens with zero attached hydrogens (tertiary/aromatic N) is 2. The second-order valence-corrected chi connectivity index (χ2v) is 6.89. The summed E-state index contributed by atoms with van der Waals surface area (Å²) in [5, 5.41) is 0. The lowest BCUT2D eigenvalue weighted by molar-refractivity contribution is 0.0407. The molecule has 3 fully saturated rings. The molecule has 0 radical (unpaired) electrons. The second kappa shape index (κ2) is 5.16. The van der Waals surface area contributed by atoms with Gasteiger partial charge in [-0.3, -0.25) is 9.80 Å². The zero-order chi connectivity index (χ0) is 13.5. The standard InChI is InChI=1S/C18H26N2/c1-2-14-11-17(14)20-12-16-9-6-10-19(16)13-18(20)15-7-4-3-5-8-15/h3-5,7-8,14,16-18H,2,6,9-13H2,1H3. The quantitative estimate of drug-likeness (QED) is 0.831. The van der Waals surface area contributed by atoms with Crippen LogP contribution in [0.2, 0.25) is 0 Å².